The van der Waals surface area contributed by atoms with Crippen molar-refractivity contribution in [1.82, 2.24) is 5.43 Å². The number of hydrogen-bond donors (Lipinski definition) is 4. The second kappa shape index (κ2) is 9.91. The molecular formula is C24H22ClN3O3S2. The minimum absolute atomic E-state index is 0.0117. The molecule has 4 rings (SSSR count). The SMILES string of the molecule is C/C(=N\NC(=S)Nc1ccc(C(=O)O)c(Cl)c1)c1csc(-c2ccc3c(c2)CCCC3)c1O. The molecule has 0 fully saturated rings. The fraction of sp³-hybridized carbons (Fsp3) is 0.208. The quantitative estimate of drug-likeness (QED) is 0.193. The number of thiophene rings is 1. The molecule has 4 N–H and O–H groups in total. The van der Waals surface area contributed by atoms with Gasteiger partial charge in [-0.25, -0.2) is 4.79 Å². The number of aromatic carboxylic acids is 1. The van der Waals surface area contributed by atoms with Gasteiger partial charge in [-0.1, -0.05) is 23.7 Å². The molecule has 9 heteroatoms. The third kappa shape index (κ3) is 5.19. The fourth-order valence-electron chi connectivity index (χ4n) is 3.81. The number of aromatic hydroxyl groups is 1. The van der Waals surface area contributed by atoms with E-state index in [4.69, 9.17) is 28.9 Å². The van der Waals surface area contributed by atoms with E-state index in [1.165, 1.54) is 47.4 Å². The maximum Gasteiger partial charge on any atom is 0.337 e. The summed E-state index contributed by atoms with van der Waals surface area (Å²) in [6.45, 7) is 1.78. The van der Waals surface area contributed by atoms with E-state index >= 15 is 0 Å². The molecule has 6 nitrogen and oxygen atoms in total. The molecule has 170 valence electrons. The molecule has 0 amide bonds. The first-order valence-corrected chi connectivity index (χ1v) is 12.1. The lowest BCUT2D eigenvalue weighted by Crippen LogP contribution is -2.25. The van der Waals surface area contributed by atoms with Crippen LogP contribution in [0.1, 0.15) is 46.8 Å². The monoisotopic (exact) mass is 499 g/mol. The van der Waals surface area contributed by atoms with Gasteiger partial charge >= 0.3 is 5.97 Å². The van der Waals surface area contributed by atoms with Crippen molar-refractivity contribution in [1.29, 1.82) is 0 Å². The summed E-state index contributed by atoms with van der Waals surface area (Å²) in [5.41, 5.74) is 8.30. The number of benzene rings is 2. The number of carboxylic acids is 1. The predicted molar refractivity (Wildman–Crippen MR) is 138 cm³/mol. The number of aryl methyl sites for hydroxylation is 2. The van der Waals surface area contributed by atoms with Crippen molar-refractivity contribution >= 4 is 57.6 Å². The number of rotatable bonds is 5. The second-order valence-corrected chi connectivity index (χ2v) is 9.48. The Bertz CT molecular complexity index is 1270. The average Bonchev–Trinajstić information content (AvgIpc) is 3.18. The standard InChI is InChI=1S/C24H22ClN3O3S2/c1-13(27-28-24(32)26-17-8-9-18(23(30)31)20(25)11-17)19-12-33-22(21(19)29)16-7-6-14-4-2-3-5-15(14)10-16/h6-12,29H,2-5H2,1H3,(H,30,31)(H2,26,28,32)/b27-13+. The molecule has 0 bridgehead atoms. The van der Waals surface area contributed by atoms with Gasteiger partial charge in [-0.05, 0) is 85.8 Å². The van der Waals surface area contributed by atoms with Crippen LogP contribution >= 0.6 is 35.2 Å². The topological polar surface area (TPSA) is 94.0 Å². The number of halogens is 1. The van der Waals surface area contributed by atoms with Crippen molar-refractivity contribution in [3.8, 4) is 16.2 Å². The molecule has 0 spiro atoms. The van der Waals surface area contributed by atoms with Crippen LogP contribution < -0.4 is 10.7 Å². The van der Waals surface area contributed by atoms with Crippen molar-refractivity contribution in [2.45, 2.75) is 32.6 Å². The largest absolute Gasteiger partial charge is 0.506 e. The summed E-state index contributed by atoms with van der Waals surface area (Å²) in [5.74, 6) is -0.897. The molecule has 3 aromatic rings. The Labute approximate surface area is 205 Å². The van der Waals surface area contributed by atoms with Gasteiger partial charge in [0, 0.05) is 11.1 Å². The maximum absolute atomic E-state index is 11.1. The zero-order valence-corrected chi connectivity index (χ0v) is 20.2. The van der Waals surface area contributed by atoms with Gasteiger partial charge in [-0.3, -0.25) is 5.43 Å². The summed E-state index contributed by atoms with van der Waals surface area (Å²) in [6.07, 6.45) is 4.65. The second-order valence-electron chi connectivity index (χ2n) is 7.78. The Kier molecular flexibility index (Phi) is 6.97. The first kappa shape index (κ1) is 23.2. The molecule has 0 radical (unpaired) electrons. The number of fused-ring (bicyclic) bond motifs is 1. The van der Waals surface area contributed by atoms with Crippen molar-refractivity contribution in [2.24, 2.45) is 5.10 Å². The van der Waals surface area contributed by atoms with Crippen LogP contribution in [0.15, 0.2) is 46.9 Å². The van der Waals surface area contributed by atoms with Crippen LogP contribution in [0.4, 0.5) is 5.69 Å². The third-order valence-electron chi connectivity index (χ3n) is 5.55. The molecule has 2 aromatic carbocycles. The average molecular weight is 500 g/mol. The van der Waals surface area contributed by atoms with Gasteiger partial charge in [0.2, 0.25) is 0 Å². The number of nitrogens with one attached hydrogen (secondary N) is 2. The van der Waals surface area contributed by atoms with Crippen LogP contribution in [0, 0.1) is 0 Å². The van der Waals surface area contributed by atoms with E-state index in [0.717, 1.165) is 23.3 Å². The van der Waals surface area contributed by atoms with Gasteiger partial charge in [-0.15, -0.1) is 11.3 Å². The highest BCUT2D eigenvalue weighted by molar-refractivity contribution is 7.80. The van der Waals surface area contributed by atoms with E-state index < -0.39 is 5.97 Å². The minimum Gasteiger partial charge on any atom is -0.506 e. The van der Waals surface area contributed by atoms with E-state index in [2.05, 4.69) is 34.0 Å². The van der Waals surface area contributed by atoms with Crippen molar-refractivity contribution in [2.75, 3.05) is 5.32 Å². The van der Waals surface area contributed by atoms with Crippen molar-refractivity contribution < 1.29 is 15.0 Å². The zero-order chi connectivity index (χ0) is 23.5. The first-order valence-electron chi connectivity index (χ1n) is 10.4. The fourth-order valence-corrected chi connectivity index (χ4v) is 5.24. The highest BCUT2D eigenvalue weighted by Crippen LogP contribution is 2.40. The normalized spacial score (nSPS) is 13.3. The number of carboxylic acid groups (broad SMARTS) is 1. The Hall–Kier alpha value is -2.94. The number of hydrazone groups is 1. The van der Waals surface area contributed by atoms with Crippen LogP contribution in [0.25, 0.3) is 10.4 Å². The number of thiocarbonyl (C=S) groups is 1. The Morgan fingerprint density at radius 2 is 1.88 bits per heavy atom. The van der Waals surface area contributed by atoms with Gasteiger partial charge in [0.15, 0.2) is 5.11 Å². The Morgan fingerprint density at radius 1 is 1.12 bits per heavy atom. The van der Waals surface area contributed by atoms with Crippen LogP contribution in [0.5, 0.6) is 5.75 Å². The Morgan fingerprint density at radius 3 is 2.61 bits per heavy atom. The number of hydrogen-bond acceptors (Lipinski definition) is 5. The number of anilines is 1. The zero-order valence-electron chi connectivity index (χ0n) is 17.8. The summed E-state index contributed by atoms with van der Waals surface area (Å²) >= 11 is 12.7. The summed E-state index contributed by atoms with van der Waals surface area (Å²) in [6, 6.07) is 10.9. The van der Waals surface area contributed by atoms with E-state index in [-0.39, 0.29) is 21.4 Å². The van der Waals surface area contributed by atoms with E-state index in [0.29, 0.717) is 17.0 Å². The Balaban J connectivity index is 1.45. The molecule has 0 atom stereocenters. The third-order valence-corrected chi connectivity index (χ3v) is 7.07. The molecule has 1 aliphatic rings. The molecule has 0 saturated carbocycles. The predicted octanol–water partition coefficient (Wildman–Crippen LogP) is 6.06. The molecule has 1 aromatic heterocycles. The minimum atomic E-state index is -1.10. The summed E-state index contributed by atoms with van der Waals surface area (Å²) < 4.78 is 0. The van der Waals surface area contributed by atoms with E-state index in [9.17, 15) is 9.90 Å². The van der Waals surface area contributed by atoms with Crippen LogP contribution in [0.3, 0.4) is 0 Å². The number of carbonyl (C=O) groups is 1. The van der Waals surface area contributed by atoms with E-state index in [1.54, 1.807) is 13.0 Å². The highest BCUT2D eigenvalue weighted by atomic mass is 35.5. The summed E-state index contributed by atoms with van der Waals surface area (Å²) in [4.78, 5) is 11.9. The molecule has 1 heterocycles. The molecule has 1 aliphatic carbocycles. The maximum atomic E-state index is 11.1. The molecule has 0 saturated heterocycles. The lowest BCUT2D eigenvalue weighted by atomic mass is 9.90. The molecule has 33 heavy (non-hydrogen) atoms. The van der Waals surface area contributed by atoms with E-state index in [1.807, 2.05) is 5.38 Å². The van der Waals surface area contributed by atoms with Gasteiger partial charge in [0.25, 0.3) is 0 Å². The number of nitrogens with zero attached hydrogens (tertiary/aromatic N) is 1. The van der Waals surface area contributed by atoms with Crippen LogP contribution in [0.2, 0.25) is 5.02 Å². The van der Waals surface area contributed by atoms with Crippen LogP contribution in [-0.2, 0) is 12.8 Å². The molecule has 0 aliphatic heterocycles. The van der Waals surface area contributed by atoms with Crippen molar-refractivity contribution in [3.05, 3.63) is 69.1 Å². The van der Waals surface area contributed by atoms with Crippen LogP contribution in [-0.4, -0.2) is 27.0 Å². The lowest BCUT2D eigenvalue weighted by molar-refractivity contribution is 0.0697. The summed E-state index contributed by atoms with van der Waals surface area (Å²) in [7, 11) is 0. The highest BCUT2D eigenvalue weighted by Gasteiger charge is 2.17. The van der Waals surface area contributed by atoms with Gasteiger partial charge in [0.1, 0.15) is 5.75 Å². The van der Waals surface area contributed by atoms with Gasteiger partial charge in [0.05, 0.1) is 26.7 Å². The van der Waals surface area contributed by atoms with Gasteiger partial charge in [-0.2, -0.15) is 5.10 Å². The lowest BCUT2D eigenvalue weighted by Gasteiger charge is -2.16. The van der Waals surface area contributed by atoms with Crippen molar-refractivity contribution in [3.63, 3.8) is 0 Å². The summed E-state index contributed by atoms with van der Waals surface area (Å²) in [5, 5.41) is 29.3. The smallest absolute Gasteiger partial charge is 0.337 e. The first-order chi connectivity index (χ1) is 15.8. The molecular weight excluding hydrogens is 478 g/mol. The van der Waals surface area contributed by atoms with Gasteiger partial charge < -0.3 is 15.5 Å². The molecule has 0 unspecified atom stereocenters.